The van der Waals surface area contributed by atoms with Gasteiger partial charge in [0.1, 0.15) is 0 Å². The van der Waals surface area contributed by atoms with Crippen LogP contribution in [0, 0.1) is 5.92 Å². The third-order valence-electron chi connectivity index (χ3n) is 3.76. The van der Waals surface area contributed by atoms with Crippen LogP contribution in [0.1, 0.15) is 90.9 Å². The fourth-order valence-electron chi connectivity index (χ4n) is 2.48. The Hall–Kier alpha value is -0.730. The molecule has 0 aliphatic rings. The lowest BCUT2D eigenvalue weighted by Gasteiger charge is -2.05. The van der Waals surface area contributed by atoms with Crippen molar-refractivity contribution in [3.63, 3.8) is 0 Å². The number of carbonyl (C=O) groups is 1. The highest BCUT2D eigenvalue weighted by Gasteiger charge is 1.96. The van der Waals surface area contributed by atoms with Crippen molar-refractivity contribution >= 4 is 6.03 Å². The van der Waals surface area contributed by atoms with Gasteiger partial charge in [-0.1, -0.05) is 84.5 Å². The molecule has 120 valence electrons. The van der Waals surface area contributed by atoms with E-state index < -0.39 is 6.03 Å². The standard InChI is InChI=1S/C17H36N2O/c1-16(2)14-12-10-8-6-4-3-5-7-9-11-13-15-19-17(18)20/h16H,3-15H2,1-2H3,(H3,18,19,20). The Bertz CT molecular complexity index is 217. The first-order valence-electron chi connectivity index (χ1n) is 8.66. The highest BCUT2D eigenvalue weighted by atomic mass is 16.2. The van der Waals surface area contributed by atoms with Crippen LogP contribution in [0.15, 0.2) is 0 Å². The van der Waals surface area contributed by atoms with Gasteiger partial charge in [0.05, 0.1) is 0 Å². The van der Waals surface area contributed by atoms with Gasteiger partial charge in [-0.15, -0.1) is 0 Å². The first-order valence-corrected chi connectivity index (χ1v) is 8.66. The Morgan fingerprint density at radius 3 is 1.60 bits per heavy atom. The number of urea groups is 1. The van der Waals surface area contributed by atoms with Gasteiger partial charge in [0.2, 0.25) is 0 Å². The second kappa shape index (κ2) is 14.7. The van der Waals surface area contributed by atoms with E-state index in [1.54, 1.807) is 0 Å². The number of carbonyl (C=O) groups excluding carboxylic acids is 1. The van der Waals surface area contributed by atoms with E-state index in [1.807, 2.05) is 0 Å². The van der Waals surface area contributed by atoms with Gasteiger partial charge in [-0.05, 0) is 12.3 Å². The quantitative estimate of drug-likeness (QED) is 0.434. The normalized spacial score (nSPS) is 10.9. The molecule has 0 fully saturated rings. The number of hydrogen-bond donors (Lipinski definition) is 2. The van der Waals surface area contributed by atoms with Gasteiger partial charge in [0.25, 0.3) is 0 Å². The van der Waals surface area contributed by atoms with Crippen LogP contribution in [0.5, 0.6) is 0 Å². The van der Waals surface area contributed by atoms with Gasteiger partial charge in [-0.2, -0.15) is 0 Å². The largest absolute Gasteiger partial charge is 0.352 e. The summed E-state index contributed by atoms with van der Waals surface area (Å²) in [7, 11) is 0. The van der Waals surface area contributed by atoms with Crippen LogP contribution >= 0.6 is 0 Å². The molecule has 0 saturated heterocycles. The minimum Gasteiger partial charge on any atom is -0.352 e. The van der Waals surface area contributed by atoms with Gasteiger partial charge in [-0.3, -0.25) is 0 Å². The van der Waals surface area contributed by atoms with Gasteiger partial charge < -0.3 is 11.1 Å². The van der Waals surface area contributed by atoms with Crippen LogP contribution < -0.4 is 11.1 Å². The van der Waals surface area contributed by atoms with Gasteiger partial charge in [0.15, 0.2) is 0 Å². The molecule has 3 N–H and O–H groups in total. The fourth-order valence-corrected chi connectivity index (χ4v) is 2.48. The minimum absolute atomic E-state index is 0.404. The second-order valence-electron chi connectivity index (χ2n) is 6.36. The van der Waals surface area contributed by atoms with E-state index in [-0.39, 0.29) is 0 Å². The third kappa shape index (κ3) is 17.3. The molecule has 0 aliphatic carbocycles. The van der Waals surface area contributed by atoms with E-state index in [4.69, 9.17) is 5.73 Å². The monoisotopic (exact) mass is 284 g/mol. The van der Waals surface area contributed by atoms with Crippen LogP contribution in [-0.2, 0) is 0 Å². The predicted octanol–water partition coefficient (Wildman–Crippen LogP) is 4.99. The smallest absolute Gasteiger partial charge is 0.312 e. The first-order chi connectivity index (χ1) is 9.63. The Balaban J connectivity index is 2.97. The average molecular weight is 284 g/mol. The second-order valence-corrected chi connectivity index (χ2v) is 6.36. The summed E-state index contributed by atoms with van der Waals surface area (Å²) < 4.78 is 0. The van der Waals surface area contributed by atoms with Crippen molar-refractivity contribution in [3.8, 4) is 0 Å². The van der Waals surface area contributed by atoms with E-state index in [0.717, 1.165) is 18.9 Å². The maximum absolute atomic E-state index is 10.4. The van der Waals surface area contributed by atoms with Crippen molar-refractivity contribution in [1.29, 1.82) is 0 Å². The molecule has 2 amide bonds. The molecule has 0 radical (unpaired) electrons. The Kier molecular flexibility index (Phi) is 14.1. The highest BCUT2D eigenvalue weighted by molar-refractivity contribution is 5.71. The molecule has 0 saturated carbocycles. The topological polar surface area (TPSA) is 55.1 Å². The summed E-state index contributed by atoms with van der Waals surface area (Å²) in [5.41, 5.74) is 5.00. The van der Waals surface area contributed by atoms with E-state index in [1.165, 1.54) is 70.6 Å². The summed E-state index contributed by atoms with van der Waals surface area (Å²) in [5.74, 6) is 0.869. The van der Waals surface area contributed by atoms with Crippen molar-refractivity contribution in [1.82, 2.24) is 5.32 Å². The molecule has 0 heterocycles. The zero-order valence-corrected chi connectivity index (χ0v) is 13.8. The molecule has 0 rings (SSSR count). The lowest BCUT2D eigenvalue weighted by Crippen LogP contribution is -2.29. The molecule has 0 unspecified atom stereocenters. The molecule has 0 aliphatic heterocycles. The van der Waals surface area contributed by atoms with E-state index in [2.05, 4.69) is 19.2 Å². The molecule has 3 nitrogen and oxygen atoms in total. The Labute approximate surface area is 126 Å². The summed E-state index contributed by atoms with van der Waals surface area (Å²) in [6.45, 7) is 5.35. The number of nitrogens with one attached hydrogen (secondary N) is 1. The van der Waals surface area contributed by atoms with Crippen molar-refractivity contribution < 1.29 is 4.79 Å². The molecule has 20 heavy (non-hydrogen) atoms. The SMILES string of the molecule is CC(C)CCCCCCCCCCCCCNC(N)=O. The van der Waals surface area contributed by atoms with Crippen molar-refractivity contribution in [2.75, 3.05) is 6.54 Å². The average Bonchev–Trinajstić information content (AvgIpc) is 2.38. The van der Waals surface area contributed by atoms with Crippen LogP contribution in [0.25, 0.3) is 0 Å². The molecule has 0 aromatic heterocycles. The summed E-state index contributed by atoms with van der Waals surface area (Å²) in [4.78, 5) is 10.4. The number of amides is 2. The number of unbranched alkanes of at least 4 members (excludes halogenated alkanes) is 10. The molecule has 0 atom stereocenters. The molecule has 3 heteroatoms. The van der Waals surface area contributed by atoms with Gasteiger partial charge >= 0.3 is 6.03 Å². The summed E-state index contributed by atoms with van der Waals surface area (Å²) in [6.07, 6.45) is 16.1. The lowest BCUT2D eigenvalue weighted by molar-refractivity contribution is 0.248. The van der Waals surface area contributed by atoms with Crippen LogP contribution in [0.2, 0.25) is 0 Å². The van der Waals surface area contributed by atoms with Crippen LogP contribution in [0.3, 0.4) is 0 Å². The van der Waals surface area contributed by atoms with Gasteiger partial charge in [0, 0.05) is 6.54 Å². The zero-order chi connectivity index (χ0) is 15.1. The van der Waals surface area contributed by atoms with E-state index in [9.17, 15) is 4.79 Å². The van der Waals surface area contributed by atoms with E-state index in [0.29, 0.717) is 0 Å². The number of hydrogen-bond acceptors (Lipinski definition) is 1. The number of primary amides is 1. The minimum atomic E-state index is -0.404. The Morgan fingerprint density at radius 1 is 0.800 bits per heavy atom. The number of rotatable bonds is 14. The first kappa shape index (κ1) is 19.3. The number of nitrogens with two attached hydrogens (primary N) is 1. The summed E-state index contributed by atoms with van der Waals surface area (Å²) in [6, 6.07) is -0.404. The van der Waals surface area contributed by atoms with Crippen molar-refractivity contribution in [2.24, 2.45) is 11.7 Å². The Morgan fingerprint density at radius 2 is 1.20 bits per heavy atom. The van der Waals surface area contributed by atoms with Crippen LogP contribution in [0.4, 0.5) is 4.79 Å². The zero-order valence-electron chi connectivity index (χ0n) is 13.8. The third-order valence-corrected chi connectivity index (χ3v) is 3.76. The van der Waals surface area contributed by atoms with Crippen molar-refractivity contribution in [3.05, 3.63) is 0 Å². The molecule has 0 aromatic carbocycles. The summed E-state index contributed by atoms with van der Waals surface area (Å²) >= 11 is 0. The summed E-state index contributed by atoms with van der Waals surface area (Å²) in [5, 5.41) is 2.63. The highest BCUT2D eigenvalue weighted by Crippen LogP contribution is 2.13. The fraction of sp³-hybridized carbons (Fsp3) is 0.941. The molecule has 0 bridgehead atoms. The molecular formula is C17H36N2O. The predicted molar refractivity (Wildman–Crippen MR) is 87.8 cm³/mol. The van der Waals surface area contributed by atoms with Gasteiger partial charge in [-0.25, -0.2) is 4.79 Å². The van der Waals surface area contributed by atoms with Crippen LogP contribution in [-0.4, -0.2) is 12.6 Å². The molecule has 0 spiro atoms. The molecule has 0 aromatic rings. The van der Waals surface area contributed by atoms with Crippen molar-refractivity contribution in [2.45, 2.75) is 90.9 Å². The maximum Gasteiger partial charge on any atom is 0.312 e. The lowest BCUT2D eigenvalue weighted by atomic mass is 10.0. The maximum atomic E-state index is 10.4. The molecular weight excluding hydrogens is 248 g/mol. The van der Waals surface area contributed by atoms with E-state index >= 15 is 0 Å².